The molecule has 4 heteroatoms. The van der Waals surface area contributed by atoms with E-state index in [0.29, 0.717) is 18.1 Å². The molecule has 1 unspecified atom stereocenters. The average molecular weight is 424 g/mol. The zero-order chi connectivity index (χ0) is 20.0. The topological polar surface area (TPSA) is 32.7 Å². The van der Waals surface area contributed by atoms with Crippen molar-refractivity contribution in [2.75, 3.05) is 26.2 Å². The minimum absolute atomic E-state index is 0. The molecule has 0 radical (unpaired) electrons. The van der Waals surface area contributed by atoms with Gasteiger partial charge in [-0.3, -0.25) is 0 Å². The lowest BCUT2D eigenvalue weighted by atomic mass is 9.72. The second-order valence-electron chi connectivity index (χ2n) is 10.3. The van der Waals surface area contributed by atoms with Crippen LogP contribution in [0.15, 0.2) is 30.3 Å². The lowest BCUT2D eigenvalue weighted by molar-refractivity contribution is -0.0462. The van der Waals surface area contributed by atoms with Gasteiger partial charge in [-0.15, -0.1) is 12.4 Å². The number of nitrogens with zero attached hydrogens (tertiary/aromatic N) is 1. The van der Waals surface area contributed by atoms with Crippen LogP contribution in [0.1, 0.15) is 64.9 Å². The summed E-state index contributed by atoms with van der Waals surface area (Å²) in [6.07, 6.45) is 8.49. The summed E-state index contributed by atoms with van der Waals surface area (Å²) in [6.45, 7) is 10.5. The number of rotatable bonds is 7. The molecule has 1 aromatic carbocycles. The Morgan fingerprint density at radius 1 is 1.00 bits per heavy atom. The van der Waals surface area contributed by atoms with Crippen molar-refractivity contribution in [3.05, 3.63) is 35.9 Å². The predicted molar refractivity (Wildman–Crippen MR) is 124 cm³/mol. The maximum absolute atomic E-state index is 10.4. The monoisotopic (exact) mass is 423 g/mol. The summed E-state index contributed by atoms with van der Waals surface area (Å²) in [4.78, 5) is 2.42. The Hall–Kier alpha value is -0.610. The third-order valence-corrected chi connectivity index (χ3v) is 6.97. The first-order chi connectivity index (χ1) is 13.4. The molecular formula is C25H42ClNO2. The van der Waals surface area contributed by atoms with E-state index >= 15 is 0 Å². The highest BCUT2D eigenvalue weighted by atomic mass is 35.5. The standard InChI is InChI=1S/C25H41NO2.ClH/c1-25(2,3)22-9-11-24(12-10-22)28-19-23(27)18-26-15-13-21(14-16-26)17-20-7-5-4-6-8-20;/h4-8,21-24,27H,9-19H2,1-3H3;1H. The Bertz CT molecular complexity index is 558. The lowest BCUT2D eigenvalue weighted by Crippen LogP contribution is -2.41. The van der Waals surface area contributed by atoms with Crippen LogP contribution in [0, 0.1) is 17.3 Å². The number of aliphatic hydroxyl groups is 1. The van der Waals surface area contributed by atoms with Crippen molar-refractivity contribution in [2.45, 2.75) is 77.9 Å². The molecule has 2 fully saturated rings. The van der Waals surface area contributed by atoms with E-state index in [9.17, 15) is 5.11 Å². The van der Waals surface area contributed by atoms with E-state index in [0.717, 1.165) is 44.3 Å². The predicted octanol–water partition coefficient (Wildman–Crippen LogP) is 5.35. The van der Waals surface area contributed by atoms with Crippen molar-refractivity contribution >= 4 is 12.4 Å². The molecule has 0 aromatic heterocycles. The Labute approximate surface area is 184 Å². The second-order valence-corrected chi connectivity index (χ2v) is 10.3. The lowest BCUT2D eigenvalue weighted by Gasteiger charge is -2.37. The summed E-state index contributed by atoms with van der Waals surface area (Å²) < 4.78 is 6.07. The fourth-order valence-electron chi connectivity index (χ4n) is 5.01. The first kappa shape index (κ1) is 24.7. The molecule has 0 bridgehead atoms. The summed E-state index contributed by atoms with van der Waals surface area (Å²) in [7, 11) is 0. The third kappa shape index (κ3) is 8.20. The molecule has 0 spiro atoms. The molecule has 1 saturated heterocycles. The normalized spacial score (nSPS) is 25.4. The van der Waals surface area contributed by atoms with E-state index in [-0.39, 0.29) is 18.5 Å². The van der Waals surface area contributed by atoms with Crippen molar-refractivity contribution in [3.8, 4) is 0 Å². The highest BCUT2D eigenvalue weighted by Gasteiger charge is 2.30. The summed E-state index contributed by atoms with van der Waals surface area (Å²) in [5.41, 5.74) is 1.87. The molecular weight excluding hydrogens is 382 g/mol. The van der Waals surface area contributed by atoms with E-state index in [1.165, 1.54) is 37.7 Å². The van der Waals surface area contributed by atoms with Crippen LogP contribution in [0.4, 0.5) is 0 Å². The summed E-state index contributed by atoms with van der Waals surface area (Å²) >= 11 is 0. The molecule has 1 aliphatic carbocycles. The minimum Gasteiger partial charge on any atom is -0.389 e. The molecule has 1 heterocycles. The smallest absolute Gasteiger partial charge is 0.0900 e. The molecule has 166 valence electrons. The van der Waals surface area contributed by atoms with Gasteiger partial charge in [-0.05, 0) is 80.8 Å². The largest absolute Gasteiger partial charge is 0.389 e. The van der Waals surface area contributed by atoms with E-state index < -0.39 is 0 Å². The number of benzene rings is 1. The maximum Gasteiger partial charge on any atom is 0.0900 e. The Morgan fingerprint density at radius 3 is 2.21 bits per heavy atom. The van der Waals surface area contributed by atoms with E-state index in [2.05, 4.69) is 56.0 Å². The van der Waals surface area contributed by atoms with Gasteiger partial charge in [0.2, 0.25) is 0 Å². The molecule has 3 nitrogen and oxygen atoms in total. The number of piperidine rings is 1. The summed E-state index contributed by atoms with van der Waals surface area (Å²) in [6, 6.07) is 10.8. The number of hydrogen-bond acceptors (Lipinski definition) is 3. The zero-order valence-electron chi connectivity index (χ0n) is 18.7. The molecule has 2 aliphatic rings. The van der Waals surface area contributed by atoms with Crippen molar-refractivity contribution in [1.29, 1.82) is 0 Å². The first-order valence-corrected chi connectivity index (χ1v) is 11.5. The molecule has 1 N–H and O–H groups in total. The number of halogens is 1. The molecule has 1 atom stereocenters. The van der Waals surface area contributed by atoms with Crippen LogP contribution in [-0.2, 0) is 11.2 Å². The SMILES string of the molecule is CC(C)(C)C1CCC(OCC(O)CN2CCC(Cc3ccccc3)CC2)CC1.Cl. The third-order valence-electron chi connectivity index (χ3n) is 6.97. The molecule has 1 aromatic rings. The number of hydrogen-bond donors (Lipinski definition) is 1. The van der Waals surface area contributed by atoms with Crippen molar-refractivity contribution in [2.24, 2.45) is 17.3 Å². The van der Waals surface area contributed by atoms with Crippen LogP contribution in [0.2, 0.25) is 0 Å². The Balaban J connectivity index is 0.00000300. The van der Waals surface area contributed by atoms with Crippen LogP contribution in [0.5, 0.6) is 0 Å². The van der Waals surface area contributed by atoms with Crippen molar-refractivity contribution < 1.29 is 9.84 Å². The van der Waals surface area contributed by atoms with Gasteiger partial charge in [-0.2, -0.15) is 0 Å². The molecule has 1 aliphatic heterocycles. The zero-order valence-corrected chi connectivity index (χ0v) is 19.5. The maximum atomic E-state index is 10.4. The van der Waals surface area contributed by atoms with Gasteiger partial charge in [0.1, 0.15) is 0 Å². The van der Waals surface area contributed by atoms with Gasteiger partial charge in [-0.25, -0.2) is 0 Å². The summed E-state index contributed by atoms with van der Waals surface area (Å²) in [5.74, 6) is 1.60. The number of β-amino-alcohol motifs (C(OH)–C–C–N with tert-alkyl or cyclic N) is 1. The fraction of sp³-hybridized carbons (Fsp3) is 0.760. The van der Waals surface area contributed by atoms with Gasteiger partial charge in [0.25, 0.3) is 0 Å². The average Bonchev–Trinajstić information content (AvgIpc) is 2.68. The Kier molecular flexibility index (Phi) is 9.94. The van der Waals surface area contributed by atoms with Gasteiger partial charge >= 0.3 is 0 Å². The van der Waals surface area contributed by atoms with Crippen molar-refractivity contribution in [3.63, 3.8) is 0 Å². The molecule has 3 rings (SSSR count). The van der Waals surface area contributed by atoms with E-state index in [1.807, 2.05) is 0 Å². The fourth-order valence-corrected chi connectivity index (χ4v) is 5.01. The number of ether oxygens (including phenoxy) is 1. The van der Waals surface area contributed by atoms with Crippen LogP contribution >= 0.6 is 12.4 Å². The van der Waals surface area contributed by atoms with Gasteiger partial charge < -0.3 is 14.7 Å². The minimum atomic E-state index is -0.356. The van der Waals surface area contributed by atoms with Gasteiger partial charge in [0.05, 0.1) is 18.8 Å². The van der Waals surface area contributed by atoms with Crippen LogP contribution in [-0.4, -0.2) is 48.5 Å². The molecule has 1 saturated carbocycles. The Morgan fingerprint density at radius 2 is 1.62 bits per heavy atom. The highest BCUT2D eigenvalue weighted by Crippen LogP contribution is 2.38. The highest BCUT2D eigenvalue weighted by molar-refractivity contribution is 5.85. The van der Waals surface area contributed by atoms with Crippen molar-refractivity contribution in [1.82, 2.24) is 4.90 Å². The van der Waals surface area contributed by atoms with Crippen LogP contribution in [0.25, 0.3) is 0 Å². The number of aliphatic hydroxyl groups excluding tert-OH is 1. The van der Waals surface area contributed by atoms with Crippen LogP contribution < -0.4 is 0 Å². The number of likely N-dealkylation sites (tertiary alicyclic amines) is 1. The quantitative estimate of drug-likeness (QED) is 0.641. The van der Waals surface area contributed by atoms with Gasteiger partial charge in [0, 0.05) is 6.54 Å². The summed E-state index contributed by atoms with van der Waals surface area (Å²) in [5, 5.41) is 10.4. The first-order valence-electron chi connectivity index (χ1n) is 11.5. The molecule has 0 amide bonds. The van der Waals surface area contributed by atoms with Gasteiger partial charge in [0.15, 0.2) is 0 Å². The van der Waals surface area contributed by atoms with E-state index in [4.69, 9.17) is 4.74 Å². The second kappa shape index (κ2) is 11.7. The molecule has 29 heavy (non-hydrogen) atoms. The van der Waals surface area contributed by atoms with Crippen LogP contribution in [0.3, 0.4) is 0 Å². The van der Waals surface area contributed by atoms with Gasteiger partial charge in [-0.1, -0.05) is 51.1 Å². The van der Waals surface area contributed by atoms with E-state index in [1.54, 1.807) is 0 Å².